The number of likely N-dealkylation sites (tertiary alicyclic amines) is 1. The Morgan fingerprint density at radius 3 is 2.52 bits per heavy atom. The number of ether oxygens (including phenoxy) is 1. The fourth-order valence-electron chi connectivity index (χ4n) is 3.88. The average molecular weight is 373 g/mol. The van der Waals surface area contributed by atoms with Gasteiger partial charge in [0.05, 0.1) is 12.1 Å². The number of rotatable bonds is 3. The van der Waals surface area contributed by atoms with Crippen molar-refractivity contribution in [3.05, 3.63) is 35.9 Å². The molecule has 2 aliphatic rings. The van der Waals surface area contributed by atoms with Crippen molar-refractivity contribution in [1.29, 1.82) is 0 Å². The normalized spacial score (nSPS) is 22.1. The summed E-state index contributed by atoms with van der Waals surface area (Å²) in [6, 6.07) is 10.3. The van der Waals surface area contributed by atoms with Gasteiger partial charge in [0.2, 0.25) is 0 Å². The van der Waals surface area contributed by atoms with Gasteiger partial charge in [-0.15, -0.1) is 0 Å². The summed E-state index contributed by atoms with van der Waals surface area (Å²) >= 11 is 0. The van der Waals surface area contributed by atoms with Gasteiger partial charge in [0.25, 0.3) is 0 Å². The lowest BCUT2D eigenvalue weighted by Gasteiger charge is -2.38. The number of benzene rings is 1. The molecule has 3 rings (SSSR count). The molecule has 2 aliphatic heterocycles. The molecule has 6 heteroatoms. The molecule has 0 spiro atoms. The largest absolute Gasteiger partial charge is 0.444 e. The molecule has 6 nitrogen and oxygen atoms in total. The quantitative estimate of drug-likeness (QED) is 0.808. The highest BCUT2D eigenvalue weighted by molar-refractivity contribution is 5.77. The third kappa shape index (κ3) is 4.54. The van der Waals surface area contributed by atoms with Crippen molar-refractivity contribution in [3.63, 3.8) is 0 Å². The summed E-state index contributed by atoms with van der Waals surface area (Å²) in [5.41, 5.74) is 0.641. The first-order chi connectivity index (χ1) is 12.8. The molecule has 0 aromatic heterocycles. The number of hydrogen-bond acceptors (Lipinski definition) is 3. The van der Waals surface area contributed by atoms with E-state index in [1.807, 2.05) is 48.8 Å². The van der Waals surface area contributed by atoms with Crippen molar-refractivity contribution in [2.24, 2.45) is 0 Å². The molecule has 2 atom stereocenters. The summed E-state index contributed by atoms with van der Waals surface area (Å²) in [6.07, 6.45) is 1.54. The van der Waals surface area contributed by atoms with Gasteiger partial charge in [0.15, 0.2) is 0 Å². The fraction of sp³-hybridized carbons (Fsp3) is 0.619. The zero-order valence-electron chi connectivity index (χ0n) is 16.9. The Morgan fingerprint density at radius 1 is 1.15 bits per heavy atom. The van der Waals surface area contributed by atoms with Gasteiger partial charge in [0, 0.05) is 26.2 Å². The molecular formula is C21H31N3O3. The highest BCUT2D eigenvalue weighted by Gasteiger charge is 2.39. The second-order valence-corrected chi connectivity index (χ2v) is 8.48. The van der Waals surface area contributed by atoms with Crippen LogP contribution in [0.25, 0.3) is 0 Å². The summed E-state index contributed by atoms with van der Waals surface area (Å²) in [4.78, 5) is 31.1. The van der Waals surface area contributed by atoms with Crippen LogP contribution in [0.3, 0.4) is 0 Å². The first-order valence-corrected chi connectivity index (χ1v) is 9.86. The van der Waals surface area contributed by atoms with Crippen LogP contribution in [0.2, 0.25) is 0 Å². The maximum Gasteiger partial charge on any atom is 0.410 e. The van der Waals surface area contributed by atoms with Crippen molar-refractivity contribution < 1.29 is 14.3 Å². The number of nitrogens with zero attached hydrogens (tertiary/aromatic N) is 3. The van der Waals surface area contributed by atoms with Crippen molar-refractivity contribution in [1.82, 2.24) is 14.7 Å². The standard InChI is InChI=1S/C21H31N3O3/c1-16(17-9-6-5-7-10-17)23-13-14-24(19(23)25)18-11-8-12-22(15-18)20(26)27-21(2,3)4/h5-7,9-10,16,18H,8,11-15H2,1-4H3/t16?,18-/m0/s1. The Kier molecular flexibility index (Phi) is 5.63. The number of amides is 3. The van der Waals surface area contributed by atoms with E-state index in [1.165, 1.54) is 0 Å². The van der Waals surface area contributed by atoms with Crippen LogP contribution in [0.15, 0.2) is 30.3 Å². The number of carbonyl (C=O) groups is 2. The molecule has 1 aromatic rings. The van der Waals surface area contributed by atoms with E-state index in [0.29, 0.717) is 19.6 Å². The fourth-order valence-corrected chi connectivity index (χ4v) is 3.88. The zero-order valence-corrected chi connectivity index (χ0v) is 16.9. The first kappa shape index (κ1) is 19.5. The van der Waals surface area contributed by atoms with Gasteiger partial charge in [-0.2, -0.15) is 0 Å². The third-order valence-corrected chi connectivity index (χ3v) is 5.31. The summed E-state index contributed by atoms with van der Waals surface area (Å²) in [7, 11) is 0. The molecule has 2 saturated heterocycles. The molecule has 2 heterocycles. The topological polar surface area (TPSA) is 53.1 Å². The first-order valence-electron chi connectivity index (χ1n) is 9.86. The van der Waals surface area contributed by atoms with Crippen molar-refractivity contribution >= 4 is 12.1 Å². The molecule has 0 aliphatic carbocycles. The van der Waals surface area contributed by atoms with Gasteiger partial charge >= 0.3 is 12.1 Å². The van der Waals surface area contributed by atoms with E-state index in [0.717, 1.165) is 24.9 Å². The Hall–Kier alpha value is -2.24. The molecule has 1 aromatic carbocycles. The van der Waals surface area contributed by atoms with Gasteiger partial charge in [0.1, 0.15) is 5.60 Å². The molecule has 0 bridgehead atoms. The van der Waals surface area contributed by atoms with Gasteiger partial charge in [-0.1, -0.05) is 30.3 Å². The summed E-state index contributed by atoms with van der Waals surface area (Å²) < 4.78 is 5.51. The molecule has 0 N–H and O–H groups in total. The predicted octanol–water partition coefficient (Wildman–Crippen LogP) is 3.88. The minimum Gasteiger partial charge on any atom is -0.444 e. The van der Waals surface area contributed by atoms with Gasteiger partial charge in [-0.25, -0.2) is 9.59 Å². The van der Waals surface area contributed by atoms with E-state index < -0.39 is 5.60 Å². The maximum absolute atomic E-state index is 13.0. The molecule has 0 saturated carbocycles. The molecule has 2 fully saturated rings. The zero-order chi connectivity index (χ0) is 19.6. The molecular weight excluding hydrogens is 342 g/mol. The lowest BCUT2D eigenvalue weighted by molar-refractivity contribution is 0.0141. The summed E-state index contributed by atoms with van der Waals surface area (Å²) in [5.74, 6) is 0. The molecule has 148 valence electrons. The van der Waals surface area contributed by atoms with E-state index in [9.17, 15) is 9.59 Å². The van der Waals surface area contributed by atoms with Crippen LogP contribution >= 0.6 is 0 Å². The summed E-state index contributed by atoms with van der Waals surface area (Å²) in [5, 5.41) is 0. The Labute approximate surface area is 162 Å². The number of urea groups is 1. The van der Waals surface area contributed by atoms with Crippen molar-refractivity contribution in [3.8, 4) is 0 Å². The highest BCUT2D eigenvalue weighted by Crippen LogP contribution is 2.28. The van der Waals surface area contributed by atoms with Gasteiger partial charge in [-0.05, 0) is 46.1 Å². The second-order valence-electron chi connectivity index (χ2n) is 8.48. The Morgan fingerprint density at radius 2 is 1.85 bits per heavy atom. The number of piperidine rings is 1. The van der Waals surface area contributed by atoms with Crippen molar-refractivity contribution in [2.45, 2.75) is 58.2 Å². The number of carbonyl (C=O) groups excluding carboxylic acids is 2. The third-order valence-electron chi connectivity index (χ3n) is 5.31. The number of hydrogen-bond donors (Lipinski definition) is 0. The minimum atomic E-state index is -0.505. The smallest absolute Gasteiger partial charge is 0.410 e. The van der Waals surface area contributed by atoms with Crippen LogP contribution in [-0.2, 0) is 4.74 Å². The minimum absolute atomic E-state index is 0.0502. The predicted molar refractivity (Wildman–Crippen MR) is 104 cm³/mol. The van der Waals surface area contributed by atoms with E-state index in [1.54, 1.807) is 4.90 Å². The monoisotopic (exact) mass is 373 g/mol. The van der Waals surface area contributed by atoms with Crippen LogP contribution in [0.5, 0.6) is 0 Å². The van der Waals surface area contributed by atoms with E-state index >= 15 is 0 Å². The van der Waals surface area contributed by atoms with E-state index in [4.69, 9.17) is 4.74 Å². The highest BCUT2D eigenvalue weighted by atomic mass is 16.6. The van der Waals surface area contributed by atoms with Gasteiger partial charge < -0.3 is 19.4 Å². The lowest BCUT2D eigenvalue weighted by atomic mass is 10.0. The SMILES string of the molecule is CC(c1ccccc1)N1CCN([C@H]2CCCN(C(=O)OC(C)(C)C)C2)C1=O. The molecule has 3 amide bonds. The molecule has 1 unspecified atom stereocenters. The van der Waals surface area contributed by atoms with E-state index in [-0.39, 0.29) is 24.2 Å². The van der Waals surface area contributed by atoms with Crippen molar-refractivity contribution in [2.75, 3.05) is 26.2 Å². The average Bonchev–Trinajstić information content (AvgIpc) is 3.02. The van der Waals surface area contributed by atoms with Crippen LogP contribution in [0.1, 0.15) is 52.1 Å². The Balaban J connectivity index is 1.63. The second kappa shape index (κ2) is 7.79. The van der Waals surface area contributed by atoms with Crippen LogP contribution in [0, 0.1) is 0 Å². The molecule has 27 heavy (non-hydrogen) atoms. The van der Waals surface area contributed by atoms with E-state index in [2.05, 4.69) is 19.1 Å². The lowest BCUT2D eigenvalue weighted by Crippen LogP contribution is -2.51. The van der Waals surface area contributed by atoms with Crippen LogP contribution in [0.4, 0.5) is 9.59 Å². The van der Waals surface area contributed by atoms with Gasteiger partial charge in [-0.3, -0.25) is 0 Å². The molecule has 0 radical (unpaired) electrons. The maximum atomic E-state index is 13.0. The van der Waals surface area contributed by atoms with Crippen LogP contribution < -0.4 is 0 Å². The Bertz CT molecular complexity index is 671. The summed E-state index contributed by atoms with van der Waals surface area (Å²) in [6.45, 7) is 10.4. The van der Waals surface area contributed by atoms with Crippen LogP contribution in [-0.4, -0.2) is 64.6 Å².